The Morgan fingerprint density at radius 1 is 1.30 bits per heavy atom. The Hall–Kier alpha value is -1.72. The third-order valence-electron chi connectivity index (χ3n) is 3.66. The number of ether oxygens (including phenoxy) is 1. The van der Waals surface area contributed by atoms with Crippen LogP contribution >= 0.6 is 27.5 Å². The molecule has 0 saturated carbocycles. The fraction of sp³-hybridized carbons (Fsp3) is 0.235. The topological polar surface area (TPSA) is 50.4 Å². The predicted octanol–water partition coefficient (Wildman–Crippen LogP) is 4.15. The van der Waals surface area contributed by atoms with Crippen LogP contribution in [-0.2, 0) is 4.79 Å². The van der Waals surface area contributed by atoms with Crippen LogP contribution in [0.5, 0.6) is 5.75 Å². The van der Waals surface area contributed by atoms with Gasteiger partial charge in [-0.1, -0.05) is 45.7 Å². The quantitative estimate of drug-likeness (QED) is 0.817. The first kappa shape index (κ1) is 16.1. The average Bonchev–Trinajstić information content (AvgIpc) is 2.54. The molecule has 3 rings (SSSR count). The number of halogens is 2. The lowest BCUT2D eigenvalue weighted by atomic mass is 10.0. The van der Waals surface area contributed by atoms with E-state index in [0.717, 1.165) is 27.9 Å². The third-order valence-corrected chi connectivity index (χ3v) is 4.47. The molecule has 0 fully saturated rings. The van der Waals surface area contributed by atoms with Crippen molar-refractivity contribution in [3.05, 3.63) is 57.5 Å². The molecule has 1 atom stereocenters. The summed E-state index contributed by atoms with van der Waals surface area (Å²) in [7, 11) is 0. The maximum atomic E-state index is 12.2. The largest absolute Gasteiger partial charge is 0.493 e. The van der Waals surface area contributed by atoms with E-state index in [-0.39, 0.29) is 18.5 Å². The smallest absolute Gasteiger partial charge is 0.239 e. The molecule has 1 aliphatic rings. The molecule has 1 heterocycles. The van der Waals surface area contributed by atoms with Gasteiger partial charge in [0.1, 0.15) is 5.75 Å². The predicted molar refractivity (Wildman–Crippen MR) is 95.1 cm³/mol. The Labute approximate surface area is 148 Å². The van der Waals surface area contributed by atoms with Gasteiger partial charge in [-0.25, -0.2) is 0 Å². The number of hydrogen-bond acceptors (Lipinski definition) is 3. The molecule has 0 spiro atoms. The molecule has 0 radical (unpaired) electrons. The molecule has 2 N–H and O–H groups in total. The number of carbonyl (C=O) groups excluding carboxylic acids is 1. The molecular formula is C17H16BrClN2O2. The number of hydrogen-bond donors (Lipinski definition) is 2. The molecule has 0 aliphatic carbocycles. The number of amides is 1. The Morgan fingerprint density at radius 3 is 2.96 bits per heavy atom. The van der Waals surface area contributed by atoms with Gasteiger partial charge < -0.3 is 15.4 Å². The van der Waals surface area contributed by atoms with Gasteiger partial charge in [0, 0.05) is 16.5 Å². The maximum absolute atomic E-state index is 12.2. The number of anilines is 1. The molecular weight excluding hydrogens is 380 g/mol. The summed E-state index contributed by atoms with van der Waals surface area (Å²) >= 11 is 9.49. The van der Waals surface area contributed by atoms with Gasteiger partial charge in [0.25, 0.3) is 0 Å². The van der Waals surface area contributed by atoms with Crippen LogP contribution in [0.15, 0.2) is 46.9 Å². The lowest BCUT2D eigenvalue weighted by Crippen LogP contribution is -2.35. The molecule has 120 valence electrons. The first-order valence-electron chi connectivity index (χ1n) is 7.33. The molecule has 23 heavy (non-hydrogen) atoms. The summed E-state index contributed by atoms with van der Waals surface area (Å²) in [6.07, 6.45) is 0.766. The summed E-state index contributed by atoms with van der Waals surface area (Å²) in [6.45, 7) is 0.773. The van der Waals surface area contributed by atoms with Crippen molar-refractivity contribution in [3.63, 3.8) is 0 Å². The van der Waals surface area contributed by atoms with E-state index in [1.807, 2.05) is 36.4 Å². The van der Waals surface area contributed by atoms with Crippen LogP contribution in [0.4, 0.5) is 5.69 Å². The van der Waals surface area contributed by atoms with Crippen LogP contribution in [0.2, 0.25) is 5.02 Å². The molecule has 4 nitrogen and oxygen atoms in total. The van der Waals surface area contributed by atoms with E-state index in [2.05, 4.69) is 26.6 Å². The normalized spacial score (nSPS) is 16.2. The van der Waals surface area contributed by atoms with Crippen molar-refractivity contribution in [3.8, 4) is 5.75 Å². The van der Waals surface area contributed by atoms with Crippen LogP contribution < -0.4 is 15.4 Å². The third kappa shape index (κ3) is 3.98. The molecule has 0 saturated heterocycles. The highest BCUT2D eigenvalue weighted by Gasteiger charge is 2.22. The van der Waals surface area contributed by atoms with Crippen LogP contribution in [0, 0.1) is 0 Å². The number of benzene rings is 2. The van der Waals surface area contributed by atoms with Crippen LogP contribution in [0.1, 0.15) is 18.0 Å². The molecule has 1 amide bonds. The van der Waals surface area contributed by atoms with Crippen LogP contribution in [0.3, 0.4) is 0 Å². The van der Waals surface area contributed by atoms with Crippen molar-refractivity contribution in [1.82, 2.24) is 5.32 Å². The van der Waals surface area contributed by atoms with Crippen molar-refractivity contribution in [2.24, 2.45) is 0 Å². The summed E-state index contributed by atoms with van der Waals surface area (Å²) in [5.41, 5.74) is 1.76. The molecule has 0 bridgehead atoms. The minimum absolute atomic E-state index is 0.0189. The minimum atomic E-state index is -0.0781. The van der Waals surface area contributed by atoms with Gasteiger partial charge in [0.2, 0.25) is 5.91 Å². The highest BCUT2D eigenvalue weighted by atomic mass is 79.9. The van der Waals surface area contributed by atoms with Crippen molar-refractivity contribution in [2.45, 2.75) is 12.5 Å². The second-order valence-corrected chi connectivity index (χ2v) is 6.60. The Balaban J connectivity index is 1.60. The van der Waals surface area contributed by atoms with Gasteiger partial charge in [-0.2, -0.15) is 0 Å². The van der Waals surface area contributed by atoms with Gasteiger partial charge in [0.15, 0.2) is 0 Å². The monoisotopic (exact) mass is 394 g/mol. The van der Waals surface area contributed by atoms with E-state index in [9.17, 15) is 4.79 Å². The molecule has 1 unspecified atom stereocenters. The van der Waals surface area contributed by atoms with Gasteiger partial charge in [-0.05, 0) is 24.3 Å². The maximum Gasteiger partial charge on any atom is 0.239 e. The lowest BCUT2D eigenvalue weighted by molar-refractivity contribution is -0.120. The number of nitrogens with one attached hydrogen (secondary N) is 2. The van der Waals surface area contributed by atoms with Crippen LogP contribution in [0.25, 0.3) is 0 Å². The lowest BCUT2D eigenvalue weighted by Gasteiger charge is -2.26. The molecule has 2 aromatic carbocycles. The van der Waals surface area contributed by atoms with Crippen molar-refractivity contribution >= 4 is 39.1 Å². The molecule has 0 aromatic heterocycles. The molecule has 1 aliphatic heterocycles. The number of rotatable bonds is 4. The Morgan fingerprint density at radius 2 is 2.13 bits per heavy atom. The van der Waals surface area contributed by atoms with Gasteiger partial charge in [-0.3, -0.25) is 4.79 Å². The molecule has 2 aromatic rings. The number of para-hydroxylation sites is 1. The summed E-state index contributed by atoms with van der Waals surface area (Å²) in [5, 5.41) is 6.67. The fourth-order valence-corrected chi connectivity index (χ4v) is 3.29. The standard InChI is InChI=1S/C17H16BrClN2O2/c18-11-5-6-15(13(19)9-11)20-10-17(22)21-14-7-8-23-16-4-2-1-3-12(14)16/h1-6,9,14,20H,7-8,10H2,(H,21,22). The first-order chi connectivity index (χ1) is 11.1. The highest BCUT2D eigenvalue weighted by molar-refractivity contribution is 9.10. The van der Waals surface area contributed by atoms with E-state index in [1.165, 1.54) is 0 Å². The average molecular weight is 396 g/mol. The zero-order chi connectivity index (χ0) is 16.2. The Kier molecular flexibility index (Phi) is 5.08. The molecule has 6 heteroatoms. The summed E-state index contributed by atoms with van der Waals surface area (Å²) in [5.74, 6) is 0.763. The van der Waals surface area contributed by atoms with E-state index in [0.29, 0.717) is 11.6 Å². The van der Waals surface area contributed by atoms with Crippen LogP contribution in [-0.4, -0.2) is 19.1 Å². The highest BCUT2D eigenvalue weighted by Crippen LogP contribution is 2.31. The summed E-state index contributed by atoms with van der Waals surface area (Å²) in [4.78, 5) is 12.2. The summed E-state index contributed by atoms with van der Waals surface area (Å²) in [6, 6.07) is 13.3. The van der Waals surface area contributed by atoms with E-state index in [4.69, 9.17) is 16.3 Å². The number of carbonyl (C=O) groups is 1. The van der Waals surface area contributed by atoms with Gasteiger partial charge >= 0.3 is 0 Å². The van der Waals surface area contributed by atoms with Crippen molar-refractivity contribution in [2.75, 3.05) is 18.5 Å². The van der Waals surface area contributed by atoms with Crippen molar-refractivity contribution in [1.29, 1.82) is 0 Å². The van der Waals surface area contributed by atoms with Gasteiger partial charge in [0.05, 0.1) is 29.9 Å². The second kappa shape index (κ2) is 7.23. The second-order valence-electron chi connectivity index (χ2n) is 5.27. The van der Waals surface area contributed by atoms with Gasteiger partial charge in [-0.15, -0.1) is 0 Å². The minimum Gasteiger partial charge on any atom is -0.493 e. The fourth-order valence-electron chi connectivity index (χ4n) is 2.55. The van der Waals surface area contributed by atoms with E-state index in [1.54, 1.807) is 6.07 Å². The van der Waals surface area contributed by atoms with E-state index < -0.39 is 0 Å². The Bertz CT molecular complexity index is 723. The number of fused-ring (bicyclic) bond motifs is 1. The SMILES string of the molecule is O=C(CNc1ccc(Br)cc1Cl)NC1CCOc2ccccc21. The zero-order valence-corrected chi connectivity index (χ0v) is 14.7. The van der Waals surface area contributed by atoms with Crippen molar-refractivity contribution < 1.29 is 9.53 Å². The zero-order valence-electron chi connectivity index (χ0n) is 12.3. The van der Waals surface area contributed by atoms with E-state index >= 15 is 0 Å². The summed E-state index contributed by atoms with van der Waals surface area (Å²) < 4.78 is 6.50. The first-order valence-corrected chi connectivity index (χ1v) is 8.50.